The Morgan fingerprint density at radius 1 is 1.64 bits per heavy atom. The van der Waals surface area contributed by atoms with Gasteiger partial charge in [0.15, 0.2) is 0 Å². The first-order valence-electron chi connectivity index (χ1n) is 5.19. The molecule has 1 saturated carbocycles. The van der Waals surface area contributed by atoms with Gasteiger partial charge in [0.05, 0.1) is 6.61 Å². The van der Waals surface area contributed by atoms with Gasteiger partial charge in [-0.15, -0.1) is 0 Å². The molecule has 1 rings (SSSR count). The van der Waals surface area contributed by atoms with Crippen LogP contribution in [0.1, 0.15) is 26.2 Å². The summed E-state index contributed by atoms with van der Waals surface area (Å²) in [6, 6.07) is 0. The molecule has 0 spiro atoms. The van der Waals surface area contributed by atoms with Crippen molar-refractivity contribution < 1.29 is 9.90 Å². The Morgan fingerprint density at radius 3 is 2.71 bits per heavy atom. The highest BCUT2D eigenvalue weighted by atomic mass is 16.3. The number of amides is 1. The van der Waals surface area contributed by atoms with Crippen molar-refractivity contribution in [3.63, 3.8) is 0 Å². The van der Waals surface area contributed by atoms with Gasteiger partial charge in [0.2, 0.25) is 5.91 Å². The largest absolute Gasteiger partial charge is 0.396 e. The average Bonchev–Trinajstić information content (AvgIpc) is 2.95. The summed E-state index contributed by atoms with van der Waals surface area (Å²) >= 11 is 0. The number of rotatable bonds is 6. The number of aliphatic hydroxyl groups is 1. The number of nitrogens with two attached hydrogens (primary N) is 1. The summed E-state index contributed by atoms with van der Waals surface area (Å²) in [6.07, 6.45) is 2.53. The smallest absolute Gasteiger partial charge is 0.220 e. The molecule has 1 aliphatic rings. The van der Waals surface area contributed by atoms with Gasteiger partial charge in [0.25, 0.3) is 0 Å². The topological polar surface area (TPSA) is 75.4 Å². The monoisotopic (exact) mass is 200 g/mol. The van der Waals surface area contributed by atoms with Crippen LogP contribution in [0, 0.1) is 11.3 Å². The molecule has 1 unspecified atom stereocenters. The van der Waals surface area contributed by atoms with E-state index in [9.17, 15) is 4.79 Å². The number of aliphatic hydroxyl groups excluding tert-OH is 1. The highest BCUT2D eigenvalue weighted by Gasteiger charge is 2.41. The zero-order valence-electron chi connectivity index (χ0n) is 8.75. The summed E-state index contributed by atoms with van der Waals surface area (Å²) in [4.78, 5) is 11.4. The van der Waals surface area contributed by atoms with Gasteiger partial charge in [-0.25, -0.2) is 0 Å². The van der Waals surface area contributed by atoms with Crippen LogP contribution in [0.2, 0.25) is 0 Å². The molecule has 1 atom stereocenters. The summed E-state index contributed by atoms with van der Waals surface area (Å²) < 4.78 is 0. The van der Waals surface area contributed by atoms with Crippen molar-refractivity contribution in [1.82, 2.24) is 5.32 Å². The molecule has 0 bridgehead atoms. The van der Waals surface area contributed by atoms with Crippen molar-refractivity contribution in [2.75, 3.05) is 19.7 Å². The molecule has 4 nitrogen and oxygen atoms in total. The van der Waals surface area contributed by atoms with E-state index in [1.54, 1.807) is 0 Å². The van der Waals surface area contributed by atoms with Crippen LogP contribution in [0.25, 0.3) is 0 Å². The number of nitrogens with one attached hydrogen (secondary N) is 1. The zero-order valence-corrected chi connectivity index (χ0v) is 8.75. The summed E-state index contributed by atoms with van der Waals surface area (Å²) in [6.45, 7) is 3.29. The molecular formula is C10H20N2O2. The number of carbonyl (C=O) groups excluding carboxylic acids is 1. The third-order valence-corrected chi connectivity index (χ3v) is 2.89. The lowest BCUT2D eigenvalue weighted by atomic mass is 10.1. The minimum atomic E-state index is 0.00160. The van der Waals surface area contributed by atoms with Crippen molar-refractivity contribution in [1.29, 1.82) is 0 Å². The summed E-state index contributed by atoms with van der Waals surface area (Å²) in [5.41, 5.74) is 5.42. The van der Waals surface area contributed by atoms with Gasteiger partial charge in [-0.2, -0.15) is 0 Å². The summed E-state index contributed by atoms with van der Waals surface area (Å²) in [5, 5.41) is 11.9. The second kappa shape index (κ2) is 4.75. The van der Waals surface area contributed by atoms with E-state index < -0.39 is 0 Å². The van der Waals surface area contributed by atoms with Crippen LogP contribution >= 0.6 is 0 Å². The quantitative estimate of drug-likeness (QED) is 0.558. The predicted molar refractivity (Wildman–Crippen MR) is 54.6 cm³/mol. The Hall–Kier alpha value is -0.610. The fraction of sp³-hybridized carbons (Fsp3) is 0.900. The minimum absolute atomic E-state index is 0.00160. The van der Waals surface area contributed by atoms with Gasteiger partial charge in [-0.3, -0.25) is 4.79 Å². The molecule has 0 aromatic carbocycles. The van der Waals surface area contributed by atoms with Crippen molar-refractivity contribution in [3.8, 4) is 0 Å². The Morgan fingerprint density at radius 2 is 2.29 bits per heavy atom. The molecule has 1 aliphatic carbocycles. The minimum Gasteiger partial charge on any atom is -0.396 e. The van der Waals surface area contributed by atoms with Crippen LogP contribution in [0.15, 0.2) is 0 Å². The first kappa shape index (κ1) is 11.5. The van der Waals surface area contributed by atoms with Gasteiger partial charge in [-0.1, -0.05) is 6.92 Å². The van der Waals surface area contributed by atoms with Crippen LogP contribution in [-0.4, -0.2) is 30.7 Å². The average molecular weight is 200 g/mol. The SMILES string of the molecule is CC(CN)CC(=O)NCC1(CO)CC1. The second-order valence-corrected chi connectivity index (χ2v) is 4.48. The van der Waals surface area contributed by atoms with E-state index in [4.69, 9.17) is 10.8 Å². The molecule has 0 radical (unpaired) electrons. The van der Waals surface area contributed by atoms with Crippen molar-refractivity contribution >= 4 is 5.91 Å². The third-order valence-electron chi connectivity index (χ3n) is 2.89. The van der Waals surface area contributed by atoms with E-state index in [1.165, 1.54) is 0 Å². The molecule has 0 aromatic rings. The first-order chi connectivity index (χ1) is 6.62. The molecule has 4 heteroatoms. The van der Waals surface area contributed by atoms with Crippen LogP contribution < -0.4 is 11.1 Å². The lowest BCUT2D eigenvalue weighted by Crippen LogP contribution is -2.33. The maximum atomic E-state index is 11.4. The molecule has 0 saturated heterocycles. The molecule has 82 valence electrons. The molecule has 1 fully saturated rings. The van der Waals surface area contributed by atoms with Crippen LogP contribution in [-0.2, 0) is 4.79 Å². The molecule has 0 aromatic heterocycles. The molecule has 1 amide bonds. The Bertz CT molecular complexity index is 202. The van der Waals surface area contributed by atoms with E-state index in [0.29, 0.717) is 19.5 Å². The van der Waals surface area contributed by atoms with Crippen LogP contribution in [0.3, 0.4) is 0 Å². The van der Waals surface area contributed by atoms with Gasteiger partial charge in [-0.05, 0) is 25.3 Å². The lowest BCUT2D eigenvalue weighted by Gasteiger charge is -2.14. The number of hydrogen-bond donors (Lipinski definition) is 3. The maximum Gasteiger partial charge on any atom is 0.220 e. The molecule has 0 heterocycles. The first-order valence-corrected chi connectivity index (χ1v) is 5.19. The zero-order chi connectivity index (χ0) is 10.6. The highest BCUT2D eigenvalue weighted by Crippen LogP contribution is 2.44. The second-order valence-electron chi connectivity index (χ2n) is 4.48. The van der Waals surface area contributed by atoms with E-state index in [0.717, 1.165) is 12.8 Å². The lowest BCUT2D eigenvalue weighted by molar-refractivity contribution is -0.122. The van der Waals surface area contributed by atoms with Crippen LogP contribution in [0.5, 0.6) is 0 Å². The fourth-order valence-electron chi connectivity index (χ4n) is 1.33. The molecule has 0 aliphatic heterocycles. The standard InChI is InChI=1S/C10H20N2O2/c1-8(5-11)4-9(14)12-6-10(7-13)2-3-10/h8,13H,2-7,11H2,1H3,(H,12,14). The Kier molecular flexibility index (Phi) is 3.89. The Labute approximate surface area is 84.9 Å². The maximum absolute atomic E-state index is 11.4. The molecular weight excluding hydrogens is 180 g/mol. The highest BCUT2D eigenvalue weighted by molar-refractivity contribution is 5.76. The van der Waals surface area contributed by atoms with Gasteiger partial charge in [0, 0.05) is 18.4 Å². The van der Waals surface area contributed by atoms with Crippen molar-refractivity contribution in [2.24, 2.45) is 17.1 Å². The molecule has 4 N–H and O–H groups in total. The summed E-state index contributed by atoms with van der Waals surface area (Å²) in [7, 11) is 0. The van der Waals surface area contributed by atoms with Crippen LogP contribution in [0.4, 0.5) is 0 Å². The van der Waals surface area contributed by atoms with Gasteiger partial charge >= 0.3 is 0 Å². The molecule has 14 heavy (non-hydrogen) atoms. The van der Waals surface area contributed by atoms with E-state index in [-0.39, 0.29) is 23.8 Å². The van der Waals surface area contributed by atoms with Gasteiger partial charge < -0.3 is 16.2 Å². The normalized spacial score (nSPS) is 20.2. The Balaban J connectivity index is 2.15. The number of hydrogen-bond acceptors (Lipinski definition) is 3. The third kappa shape index (κ3) is 3.27. The van der Waals surface area contributed by atoms with Crippen molar-refractivity contribution in [3.05, 3.63) is 0 Å². The van der Waals surface area contributed by atoms with Crippen molar-refractivity contribution in [2.45, 2.75) is 26.2 Å². The predicted octanol–water partition coefficient (Wildman–Crippen LogP) is -0.140. The summed E-state index contributed by atoms with van der Waals surface area (Å²) in [5.74, 6) is 0.280. The number of carbonyl (C=O) groups is 1. The van der Waals surface area contributed by atoms with Gasteiger partial charge in [0.1, 0.15) is 0 Å². The fourth-order valence-corrected chi connectivity index (χ4v) is 1.33. The van der Waals surface area contributed by atoms with E-state index >= 15 is 0 Å². The van der Waals surface area contributed by atoms with E-state index in [1.807, 2.05) is 6.92 Å². The van der Waals surface area contributed by atoms with E-state index in [2.05, 4.69) is 5.32 Å².